The van der Waals surface area contributed by atoms with E-state index in [-0.39, 0.29) is 40.9 Å². The third-order valence-corrected chi connectivity index (χ3v) is 4.28. The second-order valence-electron chi connectivity index (χ2n) is 6.09. The maximum Gasteiger partial charge on any atom is 0.307 e. The van der Waals surface area contributed by atoms with Gasteiger partial charge in [0.05, 0.1) is 20.1 Å². The number of carbonyl (C=O) groups excluding carboxylic acids is 1. The van der Waals surface area contributed by atoms with Gasteiger partial charge in [-0.05, 0) is 20.8 Å². The van der Waals surface area contributed by atoms with Crippen LogP contribution in [0.25, 0.3) is 0 Å². The molecule has 1 aliphatic rings. The van der Waals surface area contributed by atoms with Gasteiger partial charge in [0.15, 0.2) is 5.96 Å². The van der Waals surface area contributed by atoms with E-state index in [0.29, 0.717) is 13.0 Å². The lowest BCUT2D eigenvalue weighted by Gasteiger charge is -2.62. The van der Waals surface area contributed by atoms with Crippen LogP contribution in [0.5, 0.6) is 0 Å². The van der Waals surface area contributed by atoms with Crippen LogP contribution in [0, 0.1) is 5.41 Å². The van der Waals surface area contributed by atoms with E-state index in [9.17, 15) is 4.79 Å². The number of likely N-dealkylation sites (tertiary alicyclic amines) is 1. The van der Waals surface area contributed by atoms with Gasteiger partial charge in [-0.3, -0.25) is 9.79 Å². The minimum Gasteiger partial charge on any atom is -0.469 e. The van der Waals surface area contributed by atoms with Crippen molar-refractivity contribution in [1.29, 1.82) is 0 Å². The lowest BCUT2D eigenvalue weighted by molar-refractivity contribution is -0.140. The van der Waals surface area contributed by atoms with Crippen LogP contribution in [-0.4, -0.2) is 49.1 Å². The summed E-state index contributed by atoms with van der Waals surface area (Å²) in [6.07, 6.45) is 0.322. The van der Waals surface area contributed by atoms with Gasteiger partial charge in [-0.25, -0.2) is 0 Å². The van der Waals surface area contributed by atoms with E-state index in [2.05, 4.69) is 47.6 Å². The Labute approximate surface area is 139 Å². The Morgan fingerprint density at radius 2 is 1.95 bits per heavy atom. The van der Waals surface area contributed by atoms with Crippen molar-refractivity contribution in [3.8, 4) is 0 Å². The summed E-state index contributed by atoms with van der Waals surface area (Å²) >= 11 is 0. The number of halogens is 1. The van der Waals surface area contributed by atoms with Crippen molar-refractivity contribution in [1.82, 2.24) is 10.2 Å². The van der Waals surface area contributed by atoms with Crippen LogP contribution in [-0.2, 0) is 9.53 Å². The Morgan fingerprint density at radius 1 is 1.35 bits per heavy atom. The fourth-order valence-corrected chi connectivity index (χ4v) is 2.15. The number of nitrogens with one attached hydrogen (secondary N) is 1. The fraction of sp³-hybridized carbons (Fsp3) is 0.857. The van der Waals surface area contributed by atoms with Crippen molar-refractivity contribution in [2.24, 2.45) is 10.4 Å². The highest BCUT2D eigenvalue weighted by molar-refractivity contribution is 14.0. The zero-order valence-electron chi connectivity index (χ0n) is 13.4. The Morgan fingerprint density at radius 3 is 2.35 bits per heavy atom. The average Bonchev–Trinajstić information content (AvgIpc) is 2.34. The van der Waals surface area contributed by atoms with E-state index < -0.39 is 0 Å². The highest BCUT2D eigenvalue weighted by Gasteiger charge is 2.53. The molecule has 0 spiro atoms. The van der Waals surface area contributed by atoms with Gasteiger partial charge in [-0.15, -0.1) is 24.0 Å². The summed E-state index contributed by atoms with van der Waals surface area (Å²) in [4.78, 5) is 17.9. The molecule has 0 bridgehead atoms. The van der Waals surface area contributed by atoms with E-state index >= 15 is 0 Å². The van der Waals surface area contributed by atoms with Crippen molar-refractivity contribution in [3.63, 3.8) is 0 Å². The summed E-state index contributed by atoms with van der Waals surface area (Å²) in [5.74, 6) is 0.665. The van der Waals surface area contributed by atoms with Gasteiger partial charge in [-0.2, -0.15) is 0 Å². The predicted molar refractivity (Wildman–Crippen MR) is 92.6 cm³/mol. The topological polar surface area (TPSA) is 53.9 Å². The zero-order valence-corrected chi connectivity index (χ0v) is 15.8. The van der Waals surface area contributed by atoms with Crippen molar-refractivity contribution in [2.75, 3.05) is 26.7 Å². The Balaban J connectivity index is 0.00000361. The molecule has 0 aromatic heterocycles. The molecule has 1 rings (SSSR count). The third-order valence-electron chi connectivity index (χ3n) is 4.28. The summed E-state index contributed by atoms with van der Waals surface area (Å²) in [5.41, 5.74) is 0.338. The molecule has 118 valence electrons. The molecule has 1 heterocycles. The first-order valence-electron chi connectivity index (χ1n) is 6.89. The maximum atomic E-state index is 11.1. The molecule has 6 heteroatoms. The van der Waals surface area contributed by atoms with Crippen LogP contribution < -0.4 is 5.32 Å². The van der Waals surface area contributed by atoms with Crippen LogP contribution in [0.1, 0.15) is 41.0 Å². The normalized spacial score (nSPS) is 19.7. The summed E-state index contributed by atoms with van der Waals surface area (Å²) < 4.78 is 4.62. The number of esters is 1. The number of hydrogen-bond donors (Lipinski definition) is 1. The Hall–Kier alpha value is -0.530. The Bertz CT molecular complexity index is 367. The first kappa shape index (κ1) is 19.5. The number of methoxy groups -OCH3 is 1. The quantitative estimate of drug-likeness (QED) is 0.342. The standard InChI is InChI=1S/C14H27N3O2.HI/c1-7-15-12(16-9-8-11(18)19-6)17-10-13(2,3)14(17,4)5;/h7-10H2,1-6H3,(H,15,16);1H. The predicted octanol–water partition coefficient (Wildman–Crippen LogP) is 2.25. The molecule has 1 N–H and O–H groups in total. The first-order chi connectivity index (χ1) is 8.76. The molecule has 0 amide bonds. The maximum absolute atomic E-state index is 11.1. The second-order valence-corrected chi connectivity index (χ2v) is 6.09. The molecule has 0 aromatic rings. The van der Waals surface area contributed by atoms with Gasteiger partial charge >= 0.3 is 5.97 Å². The van der Waals surface area contributed by atoms with Gasteiger partial charge < -0.3 is 15.0 Å². The number of carbonyl (C=O) groups is 1. The smallest absolute Gasteiger partial charge is 0.307 e. The molecule has 1 aliphatic heterocycles. The lowest BCUT2D eigenvalue weighted by atomic mass is 9.65. The van der Waals surface area contributed by atoms with Gasteiger partial charge in [0.1, 0.15) is 0 Å². The molecule has 20 heavy (non-hydrogen) atoms. The van der Waals surface area contributed by atoms with Gasteiger partial charge in [0.2, 0.25) is 0 Å². The van der Waals surface area contributed by atoms with Gasteiger partial charge in [-0.1, -0.05) is 13.8 Å². The van der Waals surface area contributed by atoms with Gasteiger partial charge in [0, 0.05) is 24.0 Å². The van der Waals surface area contributed by atoms with Crippen molar-refractivity contribution < 1.29 is 9.53 Å². The van der Waals surface area contributed by atoms with E-state index in [4.69, 9.17) is 0 Å². The van der Waals surface area contributed by atoms with Crippen molar-refractivity contribution in [2.45, 2.75) is 46.6 Å². The highest BCUT2D eigenvalue weighted by Crippen LogP contribution is 2.46. The van der Waals surface area contributed by atoms with Gasteiger partial charge in [0.25, 0.3) is 0 Å². The van der Waals surface area contributed by atoms with Crippen LogP contribution in [0.2, 0.25) is 0 Å². The minimum absolute atomic E-state index is 0. The van der Waals surface area contributed by atoms with E-state index in [1.54, 1.807) is 0 Å². The van der Waals surface area contributed by atoms with Crippen molar-refractivity contribution in [3.05, 3.63) is 0 Å². The minimum atomic E-state index is -0.220. The van der Waals surface area contributed by atoms with Crippen LogP contribution in [0.4, 0.5) is 0 Å². The third kappa shape index (κ3) is 3.99. The largest absolute Gasteiger partial charge is 0.469 e. The molecule has 0 saturated carbocycles. The number of aliphatic imine (C=N–C) groups is 1. The van der Waals surface area contributed by atoms with E-state index in [1.807, 2.05) is 6.92 Å². The molecular weight excluding hydrogens is 369 g/mol. The first-order valence-corrected chi connectivity index (χ1v) is 6.89. The molecular formula is C14H28IN3O2. The number of rotatable bonds is 4. The average molecular weight is 397 g/mol. The van der Waals surface area contributed by atoms with Crippen LogP contribution in [0.3, 0.4) is 0 Å². The number of nitrogens with zero attached hydrogens (tertiary/aromatic N) is 2. The monoisotopic (exact) mass is 397 g/mol. The highest BCUT2D eigenvalue weighted by atomic mass is 127. The number of ether oxygens (including phenoxy) is 1. The number of guanidine groups is 1. The summed E-state index contributed by atoms with van der Waals surface area (Å²) in [5, 5.41) is 3.29. The molecule has 0 radical (unpaired) electrons. The number of hydrogen-bond acceptors (Lipinski definition) is 3. The fourth-order valence-electron chi connectivity index (χ4n) is 2.15. The summed E-state index contributed by atoms with van der Waals surface area (Å²) in [7, 11) is 1.40. The molecule has 0 atom stereocenters. The SMILES string of the molecule is CCNC(=NCCC(=O)OC)N1CC(C)(C)C1(C)C.I. The molecule has 0 aromatic carbocycles. The molecule has 5 nitrogen and oxygen atoms in total. The summed E-state index contributed by atoms with van der Waals surface area (Å²) in [6, 6.07) is 0. The zero-order chi connectivity index (χ0) is 14.7. The van der Waals surface area contributed by atoms with Crippen molar-refractivity contribution >= 4 is 35.9 Å². The van der Waals surface area contributed by atoms with Crippen LogP contribution in [0.15, 0.2) is 4.99 Å². The Kier molecular flexibility index (Phi) is 7.27. The molecule has 1 fully saturated rings. The summed E-state index contributed by atoms with van der Waals surface area (Å²) in [6.45, 7) is 13.3. The molecule has 0 unspecified atom stereocenters. The molecule has 1 saturated heterocycles. The van der Waals surface area contributed by atoms with E-state index in [0.717, 1.165) is 19.0 Å². The molecule has 0 aliphatic carbocycles. The van der Waals surface area contributed by atoms with E-state index in [1.165, 1.54) is 7.11 Å². The lowest BCUT2D eigenvalue weighted by Crippen LogP contribution is -2.72. The second kappa shape index (κ2) is 7.47. The van der Waals surface area contributed by atoms with Crippen LogP contribution >= 0.6 is 24.0 Å².